The highest BCUT2D eigenvalue weighted by Crippen LogP contribution is 2.31. The van der Waals surface area contributed by atoms with Gasteiger partial charge in [-0.05, 0) is 56.6 Å². The summed E-state index contributed by atoms with van der Waals surface area (Å²) < 4.78 is 21.4. The highest BCUT2D eigenvalue weighted by Gasteiger charge is 2.26. The Morgan fingerprint density at radius 2 is 2.12 bits per heavy atom. The Bertz CT molecular complexity index is 650. The van der Waals surface area contributed by atoms with E-state index in [1.807, 2.05) is 25.1 Å². The maximum atomic E-state index is 11.8. The molecule has 0 radical (unpaired) electrons. The van der Waals surface area contributed by atoms with Crippen LogP contribution in [0.15, 0.2) is 23.8 Å². The second-order valence-corrected chi connectivity index (χ2v) is 6.64. The number of hydrogen-bond acceptors (Lipinski definition) is 6. The standard InChI is InChI=1S/C20H27NO5/c1-3-24-20(22)16-6-8-21(9-7-16)12-15-10-17-4-5-18(26-14-23-2)11-19(17)25-13-15/h4-5,10-11,16H,3,6-9,12-14H2,1-2H3. The van der Waals surface area contributed by atoms with Gasteiger partial charge >= 0.3 is 5.97 Å². The number of esters is 1. The molecule has 2 heterocycles. The first-order valence-electron chi connectivity index (χ1n) is 9.16. The molecule has 142 valence electrons. The lowest BCUT2D eigenvalue weighted by atomic mass is 9.96. The van der Waals surface area contributed by atoms with Crippen LogP contribution in [0.1, 0.15) is 25.3 Å². The average molecular weight is 361 g/mol. The summed E-state index contributed by atoms with van der Waals surface area (Å²) in [7, 11) is 1.60. The topological polar surface area (TPSA) is 57.2 Å². The molecule has 2 aliphatic rings. The molecular formula is C20H27NO5. The summed E-state index contributed by atoms with van der Waals surface area (Å²) in [5.41, 5.74) is 2.31. The molecule has 0 aliphatic carbocycles. The number of rotatable bonds is 7. The highest BCUT2D eigenvalue weighted by atomic mass is 16.7. The minimum atomic E-state index is -0.0483. The third-order valence-corrected chi connectivity index (χ3v) is 4.74. The lowest BCUT2D eigenvalue weighted by molar-refractivity contribution is -0.149. The fraction of sp³-hybridized carbons (Fsp3) is 0.550. The van der Waals surface area contributed by atoms with E-state index in [1.165, 1.54) is 5.57 Å². The quantitative estimate of drug-likeness (QED) is 0.550. The van der Waals surface area contributed by atoms with Crippen molar-refractivity contribution >= 4 is 12.0 Å². The minimum Gasteiger partial charge on any atom is -0.488 e. The van der Waals surface area contributed by atoms with Gasteiger partial charge in [-0.1, -0.05) is 0 Å². The van der Waals surface area contributed by atoms with Crippen molar-refractivity contribution in [3.63, 3.8) is 0 Å². The third kappa shape index (κ3) is 4.77. The number of ether oxygens (including phenoxy) is 4. The van der Waals surface area contributed by atoms with E-state index in [4.69, 9.17) is 18.9 Å². The molecule has 26 heavy (non-hydrogen) atoms. The second kappa shape index (κ2) is 9.05. The maximum absolute atomic E-state index is 11.8. The zero-order chi connectivity index (χ0) is 18.4. The van der Waals surface area contributed by atoms with E-state index in [9.17, 15) is 4.79 Å². The largest absolute Gasteiger partial charge is 0.488 e. The summed E-state index contributed by atoms with van der Waals surface area (Å²) >= 11 is 0. The van der Waals surface area contributed by atoms with Crippen LogP contribution in [0.4, 0.5) is 0 Å². The first-order chi connectivity index (χ1) is 12.7. The van der Waals surface area contributed by atoms with Crippen LogP contribution < -0.4 is 9.47 Å². The number of hydrogen-bond donors (Lipinski definition) is 0. The van der Waals surface area contributed by atoms with Gasteiger partial charge in [0.25, 0.3) is 0 Å². The van der Waals surface area contributed by atoms with Crippen LogP contribution in [0.2, 0.25) is 0 Å². The molecule has 0 spiro atoms. The van der Waals surface area contributed by atoms with Crippen LogP contribution in [-0.4, -0.2) is 57.6 Å². The van der Waals surface area contributed by atoms with Gasteiger partial charge in [-0.25, -0.2) is 0 Å². The van der Waals surface area contributed by atoms with Crippen molar-refractivity contribution < 1.29 is 23.7 Å². The summed E-state index contributed by atoms with van der Waals surface area (Å²) in [4.78, 5) is 14.2. The molecule has 0 aromatic heterocycles. The van der Waals surface area contributed by atoms with E-state index < -0.39 is 0 Å². The van der Waals surface area contributed by atoms with Gasteiger partial charge in [0.05, 0.1) is 12.5 Å². The molecule has 1 saturated heterocycles. The van der Waals surface area contributed by atoms with Gasteiger partial charge in [-0.15, -0.1) is 0 Å². The van der Waals surface area contributed by atoms with Crippen LogP contribution in [0.25, 0.3) is 6.08 Å². The molecule has 0 bridgehead atoms. The number of fused-ring (bicyclic) bond motifs is 1. The number of methoxy groups -OCH3 is 1. The van der Waals surface area contributed by atoms with E-state index in [1.54, 1.807) is 7.11 Å². The van der Waals surface area contributed by atoms with Gasteiger partial charge in [-0.3, -0.25) is 9.69 Å². The lowest BCUT2D eigenvalue weighted by Gasteiger charge is -2.32. The molecule has 2 aliphatic heterocycles. The predicted octanol–water partition coefficient (Wildman–Crippen LogP) is 2.72. The fourth-order valence-electron chi connectivity index (χ4n) is 3.37. The normalized spacial score (nSPS) is 17.8. The molecule has 0 saturated carbocycles. The van der Waals surface area contributed by atoms with E-state index in [2.05, 4.69) is 11.0 Å². The fourth-order valence-corrected chi connectivity index (χ4v) is 3.37. The second-order valence-electron chi connectivity index (χ2n) is 6.64. The maximum Gasteiger partial charge on any atom is 0.309 e. The summed E-state index contributed by atoms with van der Waals surface area (Å²) in [5, 5.41) is 0. The number of likely N-dealkylation sites (tertiary alicyclic amines) is 1. The summed E-state index contributed by atoms with van der Waals surface area (Å²) in [6, 6.07) is 5.82. The van der Waals surface area contributed by atoms with Gasteiger partial charge in [0.2, 0.25) is 0 Å². The minimum absolute atomic E-state index is 0.0483. The van der Waals surface area contributed by atoms with E-state index >= 15 is 0 Å². The molecule has 1 fully saturated rings. The molecule has 3 rings (SSSR count). The smallest absolute Gasteiger partial charge is 0.309 e. The molecule has 0 N–H and O–H groups in total. The number of piperidine rings is 1. The summed E-state index contributed by atoms with van der Waals surface area (Å²) in [6.07, 6.45) is 3.92. The Kier molecular flexibility index (Phi) is 6.52. The number of nitrogens with zero attached hydrogens (tertiary/aromatic N) is 1. The summed E-state index contributed by atoms with van der Waals surface area (Å²) in [5.74, 6) is 1.58. The zero-order valence-corrected chi connectivity index (χ0v) is 15.5. The van der Waals surface area contributed by atoms with Crippen molar-refractivity contribution in [2.45, 2.75) is 19.8 Å². The molecule has 0 atom stereocenters. The molecule has 1 aromatic carbocycles. The van der Waals surface area contributed by atoms with E-state index in [-0.39, 0.29) is 18.7 Å². The van der Waals surface area contributed by atoms with Crippen LogP contribution >= 0.6 is 0 Å². The Morgan fingerprint density at radius 1 is 1.31 bits per heavy atom. The molecule has 6 nitrogen and oxygen atoms in total. The first-order valence-corrected chi connectivity index (χ1v) is 9.16. The predicted molar refractivity (Wildman–Crippen MR) is 98.2 cm³/mol. The molecule has 1 aromatic rings. The molecule has 0 unspecified atom stereocenters. The Morgan fingerprint density at radius 3 is 2.85 bits per heavy atom. The van der Waals surface area contributed by atoms with Crippen molar-refractivity contribution in [2.24, 2.45) is 5.92 Å². The molecular weight excluding hydrogens is 334 g/mol. The van der Waals surface area contributed by atoms with E-state index in [0.29, 0.717) is 13.2 Å². The van der Waals surface area contributed by atoms with E-state index in [0.717, 1.165) is 49.5 Å². The molecule has 0 amide bonds. The Labute approximate surface area is 154 Å². The Hall–Kier alpha value is -2.05. The highest BCUT2D eigenvalue weighted by molar-refractivity contribution is 5.72. The number of carbonyl (C=O) groups is 1. The number of benzene rings is 1. The zero-order valence-electron chi connectivity index (χ0n) is 15.5. The van der Waals surface area contributed by atoms with Crippen molar-refractivity contribution in [2.75, 3.05) is 46.8 Å². The van der Waals surface area contributed by atoms with Gasteiger partial charge in [0, 0.05) is 25.3 Å². The first kappa shape index (κ1) is 18.7. The SMILES string of the molecule is CCOC(=O)C1CCN(CC2=Cc3ccc(OCOC)cc3OC2)CC1. The Balaban J connectivity index is 1.54. The van der Waals surface area contributed by atoms with Gasteiger partial charge in [0.1, 0.15) is 18.1 Å². The summed E-state index contributed by atoms with van der Waals surface area (Å²) in [6.45, 7) is 5.82. The van der Waals surface area contributed by atoms with Crippen LogP contribution in [0.5, 0.6) is 11.5 Å². The average Bonchev–Trinajstić information content (AvgIpc) is 2.67. The third-order valence-electron chi connectivity index (χ3n) is 4.74. The molecule has 6 heteroatoms. The van der Waals surface area contributed by atoms with Gasteiger partial charge in [0.15, 0.2) is 6.79 Å². The van der Waals surface area contributed by atoms with Crippen LogP contribution in [0, 0.1) is 5.92 Å². The number of carbonyl (C=O) groups excluding carboxylic acids is 1. The van der Waals surface area contributed by atoms with Crippen molar-refractivity contribution in [3.8, 4) is 11.5 Å². The van der Waals surface area contributed by atoms with Crippen LogP contribution in [-0.2, 0) is 14.3 Å². The van der Waals surface area contributed by atoms with Crippen molar-refractivity contribution in [1.29, 1.82) is 0 Å². The lowest BCUT2D eigenvalue weighted by Crippen LogP contribution is -2.38. The van der Waals surface area contributed by atoms with Crippen molar-refractivity contribution in [1.82, 2.24) is 4.90 Å². The van der Waals surface area contributed by atoms with Crippen molar-refractivity contribution in [3.05, 3.63) is 29.3 Å². The van der Waals surface area contributed by atoms with Crippen LogP contribution in [0.3, 0.4) is 0 Å². The van der Waals surface area contributed by atoms with Gasteiger partial charge < -0.3 is 18.9 Å². The monoisotopic (exact) mass is 361 g/mol. The van der Waals surface area contributed by atoms with Gasteiger partial charge in [-0.2, -0.15) is 0 Å².